The summed E-state index contributed by atoms with van der Waals surface area (Å²) in [6.45, 7) is 2.85. The minimum Gasteiger partial charge on any atom is -0.369 e. The van der Waals surface area contributed by atoms with Crippen molar-refractivity contribution in [1.82, 2.24) is 14.9 Å². The van der Waals surface area contributed by atoms with Gasteiger partial charge in [-0.15, -0.1) is 0 Å². The van der Waals surface area contributed by atoms with Gasteiger partial charge in [0.2, 0.25) is 0 Å². The fraction of sp³-hybridized carbons (Fsp3) is 0.304. The lowest BCUT2D eigenvalue weighted by molar-refractivity contribution is -0.137. The van der Waals surface area contributed by atoms with E-state index in [1.54, 1.807) is 12.3 Å². The van der Waals surface area contributed by atoms with E-state index in [4.69, 9.17) is 4.74 Å². The molecule has 4 rings (SSSR count). The van der Waals surface area contributed by atoms with E-state index < -0.39 is 11.7 Å². The number of ether oxygens (including phenoxy) is 1. The van der Waals surface area contributed by atoms with Crippen LogP contribution < -0.4 is 0 Å². The van der Waals surface area contributed by atoms with Gasteiger partial charge < -0.3 is 4.74 Å². The van der Waals surface area contributed by atoms with Gasteiger partial charge in [0.25, 0.3) is 0 Å². The molecule has 2 heterocycles. The Bertz CT molecular complexity index is 979. The largest absolute Gasteiger partial charge is 0.416 e. The average molecular weight is 413 g/mol. The molecule has 0 bridgehead atoms. The summed E-state index contributed by atoms with van der Waals surface area (Å²) >= 11 is 0. The van der Waals surface area contributed by atoms with E-state index in [2.05, 4.69) is 27.0 Å². The SMILES string of the molecule is FC(F)(F)c1cccc(-c2nccnc2[C@@H]2CN(CCc3ccccc3)CCO2)c1. The second-order valence-electron chi connectivity index (χ2n) is 7.26. The van der Waals surface area contributed by atoms with Crippen molar-refractivity contribution in [2.45, 2.75) is 18.7 Å². The van der Waals surface area contributed by atoms with Crippen molar-refractivity contribution in [2.24, 2.45) is 0 Å². The molecule has 30 heavy (non-hydrogen) atoms. The van der Waals surface area contributed by atoms with Crippen LogP contribution in [0.5, 0.6) is 0 Å². The molecule has 0 spiro atoms. The molecule has 2 aromatic carbocycles. The van der Waals surface area contributed by atoms with Crippen LogP contribution in [-0.2, 0) is 17.3 Å². The van der Waals surface area contributed by atoms with Gasteiger partial charge in [-0.3, -0.25) is 14.9 Å². The smallest absolute Gasteiger partial charge is 0.369 e. The van der Waals surface area contributed by atoms with Gasteiger partial charge >= 0.3 is 6.18 Å². The van der Waals surface area contributed by atoms with Crippen molar-refractivity contribution < 1.29 is 17.9 Å². The lowest BCUT2D eigenvalue weighted by atomic mass is 10.0. The maximum absolute atomic E-state index is 13.1. The highest BCUT2D eigenvalue weighted by molar-refractivity contribution is 5.63. The number of aromatic nitrogens is 2. The second-order valence-corrected chi connectivity index (χ2v) is 7.26. The molecule has 0 amide bonds. The lowest BCUT2D eigenvalue weighted by Gasteiger charge is -2.33. The van der Waals surface area contributed by atoms with Gasteiger partial charge in [0.1, 0.15) is 6.10 Å². The van der Waals surface area contributed by atoms with Crippen LogP contribution in [0.2, 0.25) is 0 Å². The summed E-state index contributed by atoms with van der Waals surface area (Å²) in [4.78, 5) is 11.1. The van der Waals surface area contributed by atoms with Gasteiger partial charge in [-0.2, -0.15) is 13.2 Å². The van der Waals surface area contributed by atoms with Gasteiger partial charge in [-0.1, -0.05) is 42.5 Å². The molecule has 1 aliphatic rings. The number of benzene rings is 2. The van der Waals surface area contributed by atoms with Crippen molar-refractivity contribution in [3.63, 3.8) is 0 Å². The van der Waals surface area contributed by atoms with Gasteiger partial charge in [0.15, 0.2) is 0 Å². The van der Waals surface area contributed by atoms with E-state index >= 15 is 0 Å². The van der Waals surface area contributed by atoms with Gasteiger partial charge in [-0.25, -0.2) is 0 Å². The average Bonchev–Trinajstić information content (AvgIpc) is 2.78. The van der Waals surface area contributed by atoms with Crippen molar-refractivity contribution in [3.05, 3.63) is 83.8 Å². The van der Waals surface area contributed by atoms with Gasteiger partial charge in [0.05, 0.1) is 23.6 Å². The molecule has 0 saturated carbocycles. The van der Waals surface area contributed by atoms with E-state index in [1.165, 1.54) is 17.8 Å². The number of halogens is 3. The number of morpholine rings is 1. The molecular weight excluding hydrogens is 391 g/mol. The first kappa shape index (κ1) is 20.5. The van der Waals surface area contributed by atoms with Crippen molar-refractivity contribution in [1.29, 1.82) is 0 Å². The molecule has 3 aromatic rings. The van der Waals surface area contributed by atoms with Gasteiger partial charge in [0, 0.05) is 37.6 Å². The van der Waals surface area contributed by atoms with Crippen LogP contribution in [0.3, 0.4) is 0 Å². The molecular formula is C23H22F3N3O. The van der Waals surface area contributed by atoms with Crippen molar-refractivity contribution in [2.75, 3.05) is 26.2 Å². The Labute approximate surface area is 173 Å². The molecule has 0 aliphatic carbocycles. The van der Waals surface area contributed by atoms with E-state index in [0.717, 1.165) is 31.6 Å². The predicted molar refractivity (Wildman–Crippen MR) is 108 cm³/mol. The Hall–Kier alpha value is -2.77. The summed E-state index contributed by atoms with van der Waals surface area (Å²) in [5.41, 5.74) is 1.95. The monoisotopic (exact) mass is 413 g/mol. The zero-order valence-corrected chi connectivity index (χ0v) is 16.3. The highest BCUT2D eigenvalue weighted by Crippen LogP contribution is 2.34. The maximum Gasteiger partial charge on any atom is 0.416 e. The molecule has 4 nitrogen and oxygen atoms in total. The first-order valence-corrected chi connectivity index (χ1v) is 9.87. The van der Waals surface area contributed by atoms with Crippen LogP contribution in [0.15, 0.2) is 67.0 Å². The molecule has 1 aliphatic heterocycles. The first-order chi connectivity index (χ1) is 14.5. The van der Waals surface area contributed by atoms with Crippen LogP contribution in [0.25, 0.3) is 11.3 Å². The number of hydrogen-bond acceptors (Lipinski definition) is 4. The Kier molecular flexibility index (Phi) is 6.11. The maximum atomic E-state index is 13.1. The second kappa shape index (κ2) is 8.93. The molecule has 0 N–H and O–H groups in total. The van der Waals surface area contributed by atoms with Crippen LogP contribution in [0.4, 0.5) is 13.2 Å². The standard InChI is InChI=1S/C23H22F3N3O/c24-23(25,26)19-8-4-7-18(15-19)21-22(28-11-10-27-21)20-16-29(13-14-30-20)12-9-17-5-2-1-3-6-17/h1-8,10-11,15,20H,9,12-14,16H2/t20-/m0/s1. The Morgan fingerprint density at radius 2 is 1.80 bits per heavy atom. The molecule has 1 fully saturated rings. The number of hydrogen-bond donors (Lipinski definition) is 0. The number of nitrogens with zero attached hydrogens (tertiary/aromatic N) is 3. The third-order valence-corrected chi connectivity index (χ3v) is 5.20. The molecule has 1 aromatic heterocycles. The van der Waals surface area contributed by atoms with Gasteiger partial charge in [-0.05, 0) is 24.1 Å². The Morgan fingerprint density at radius 1 is 1.00 bits per heavy atom. The fourth-order valence-corrected chi connectivity index (χ4v) is 3.65. The third-order valence-electron chi connectivity index (χ3n) is 5.20. The van der Waals surface area contributed by atoms with E-state index in [0.29, 0.717) is 30.1 Å². The summed E-state index contributed by atoms with van der Waals surface area (Å²) in [7, 11) is 0. The summed E-state index contributed by atoms with van der Waals surface area (Å²) < 4.78 is 45.4. The topological polar surface area (TPSA) is 38.2 Å². The highest BCUT2D eigenvalue weighted by Gasteiger charge is 2.31. The van der Waals surface area contributed by atoms with Crippen molar-refractivity contribution in [3.8, 4) is 11.3 Å². The number of alkyl halides is 3. The third kappa shape index (κ3) is 4.86. The van der Waals surface area contributed by atoms with Crippen LogP contribution >= 0.6 is 0 Å². The minimum atomic E-state index is -4.41. The van der Waals surface area contributed by atoms with Crippen LogP contribution in [-0.4, -0.2) is 41.1 Å². The predicted octanol–water partition coefficient (Wildman–Crippen LogP) is 4.78. The summed E-state index contributed by atoms with van der Waals surface area (Å²) in [6, 6.07) is 15.4. The lowest BCUT2D eigenvalue weighted by Crippen LogP contribution is -2.39. The normalized spacial score (nSPS) is 17.8. The first-order valence-electron chi connectivity index (χ1n) is 9.87. The highest BCUT2D eigenvalue weighted by atomic mass is 19.4. The van der Waals surface area contributed by atoms with E-state index in [1.807, 2.05) is 18.2 Å². The Balaban J connectivity index is 1.53. The van der Waals surface area contributed by atoms with Crippen LogP contribution in [0.1, 0.15) is 22.9 Å². The number of rotatable bonds is 5. The molecule has 0 radical (unpaired) electrons. The summed E-state index contributed by atoms with van der Waals surface area (Å²) in [6.07, 6.45) is -0.774. The molecule has 1 saturated heterocycles. The quantitative estimate of drug-likeness (QED) is 0.604. The van der Waals surface area contributed by atoms with Crippen molar-refractivity contribution >= 4 is 0 Å². The summed E-state index contributed by atoms with van der Waals surface area (Å²) in [5, 5.41) is 0. The zero-order valence-electron chi connectivity index (χ0n) is 16.3. The van der Waals surface area contributed by atoms with E-state index in [9.17, 15) is 13.2 Å². The molecule has 7 heteroatoms. The Morgan fingerprint density at radius 3 is 2.60 bits per heavy atom. The fourth-order valence-electron chi connectivity index (χ4n) is 3.65. The molecule has 156 valence electrons. The minimum absolute atomic E-state index is 0.340. The summed E-state index contributed by atoms with van der Waals surface area (Å²) in [5.74, 6) is 0. The van der Waals surface area contributed by atoms with Crippen LogP contribution in [0, 0.1) is 0 Å². The molecule has 0 unspecified atom stereocenters. The molecule has 1 atom stereocenters. The van der Waals surface area contributed by atoms with E-state index in [-0.39, 0.29) is 6.10 Å². The zero-order chi connectivity index (χ0) is 21.0.